The highest BCUT2D eigenvalue weighted by atomic mass is 16.5. The summed E-state index contributed by atoms with van der Waals surface area (Å²) in [7, 11) is 0. The van der Waals surface area contributed by atoms with E-state index in [1.807, 2.05) is 0 Å². The SMILES string of the molecule is C#CCOc1ccc2c(c1)C(=O)c1ccc(OCC#C)cc1C2=O. The van der Waals surface area contributed by atoms with Crippen molar-refractivity contribution in [3.05, 3.63) is 58.7 Å². The van der Waals surface area contributed by atoms with Crippen LogP contribution in [-0.4, -0.2) is 24.8 Å². The molecular weight excluding hydrogens is 304 g/mol. The zero-order chi connectivity index (χ0) is 17.1. The summed E-state index contributed by atoms with van der Waals surface area (Å²) in [5, 5.41) is 0. The summed E-state index contributed by atoms with van der Waals surface area (Å²) in [5.41, 5.74) is 1.27. The van der Waals surface area contributed by atoms with Gasteiger partial charge in [-0.2, -0.15) is 0 Å². The number of fused-ring (bicyclic) bond motifs is 2. The van der Waals surface area contributed by atoms with E-state index in [2.05, 4.69) is 11.8 Å². The van der Waals surface area contributed by atoms with Crippen LogP contribution in [0.4, 0.5) is 0 Å². The molecule has 0 bridgehead atoms. The lowest BCUT2D eigenvalue weighted by molar-refractivity contribution is 0.0978. The number of hydrogen-bond donors (Lipinski definition) is 0. The first-order valence-electron chi connectivity index (χ1n) is 7.15. The Kier molecular flexibility index (Phi) is 4.05. The smallest absolute Gasteiger partial charge is 0.194 e. The molecule has 0 heterocycles. The Bertz CT molecular complexity index is 848. The van der Waals surface area contributed by atoms with Crippen molar-refractivity contribution in [2.45, 2.75) is 0 Å². The minimum Gasteiger partial charge on any atom is -0.481 e. The highest BCUT2D eigenvalue weighted by Crippen LogP contribution is 2.31. The average molecular weight is 316 g/mol. The van der Waals surface area contributed by atoms with Crippen LogP contribution in [0.15, 0.2) is 36.4 Å². The summed E-state index contributed by atoms with van der Waals surface area (Å²) in [6.45, 7) is 0.181. The number of carbonyl (C=O) groups is 2. The van der Waals surface area contributed by atoms with E-state index in [0.717, 1.165) is 0 Å². The quantitative estimate of drug-likeness (QED) is 0.694. The fourth-order valence-corrected chi connectivity index (χ4v) is 2.54. The number of ketones is 2. The molecule has 0 unspecified atom stereocenters. The lowest BCUT2D eigenvalue weighted by atomic mass is 9.84. The van der Waals surface area contributed by atoms with E-state index in [-0.39, 0.29) is 24.8 Å². The second-order valence-electron chi connectivity index (χ2n) is 5.06. The van der Waals surface area contributed by atoms with Gasteiger partial charge >= 0.3 is 0 Å². The summed E-state index contributed by atoms with van der Waals surface area (Å²) in [4.78, 5) is 25.4. The molecule has 2 aromatic rings. The second-order valence-corrected chi connectivity index (χ2v) is 5.06. The molecule has 2 aromatic carbocycles. The van der Waals surface area contributed by atoms with Crippen molar-refractivity contribution in [3.8, 4) is 36.2 Å². The zero-order valence-electron chi connectivity index (χ0n) is 12.7. The van der Waals surface area contributed by atoms with Crippen LogP contribution in [0.2, 0.25) is 0 Å². The standard InChI is InChI=1S/C20H12O4/c1-3-9-23-13-5-7-15-17(11-13)19(21)16-8-6-14(24-10-4-2)12-18(16)20(15)22/h1-2,5-8,11-12H,9-10H2. The summed E-state index contributed by atoms with van der Waals surface area (Å²) in [5.74, 6) is 5.12. The number of carbonyl (C=O) groups excluding carboxylic acids is 2. The average Bonchev–Trinajstić information content (AvgIpc) is 2.62. The van der Waals surface area contributed by atoms with Gasteiger partial charge in [-0.1, -0.05) is 11.8 Å². The Morgan fingerprint density at radius 3 is 1.50 bits per heavy atom. The number of rotatable bonds is 4. The van der Waals surface area contributed by atoms with E-state index in [9.17, 15) is 9.59 Å². The zero-order valence-corrected chi connectivity index (χ0v) is 12.7. The number of ether oxygens (including phenoxy) is 2. The third-order valence-corrected chi connectivity index (χ3v) is 3.60. The molecule has 0 saturated heterocycles. The van der Waals surface area contributed by atoms with Gasteiger partial charge in [0.1, 0.15) is 24.7 Å². The fourth-order valence-electron chi connectivity index (χ4n) is 2.54. The molecule has 0 N–H and O–H groups in total. The van der Waals surface area contributed by atoms with E-state index in [1.54, 1.807) is 36.4 Å². The van der Waals surface area contributed by atoms with Gasteiger partial charge in [0.15, 0.2) is 11.6 Å². The molecule has 24 heavy (non-hydrogen) atoms. The lowest BCUT2D eigenvalue weighted by Crippen LogP contribution is -2.21. The van der Waals surface area contributed by atoms with Crippen molar-refractivity contribution in [3.63, 3.8) is 0 Å². The van der Waals surface area contributed by atoms with Crippen LogP contribution in [-0.2, 0) is 0 Å². The van der Waals surface area contributed by atoms with Gasteiger partial charge in [-0.3, -0.25) is 9.59 Å². The van der Waals surface area contributed by atoms with Gasteiger partial charge in [0, 0.05) is 22.3 Å². The Hall–Kier alpha value is -3.50. The Morgan fingerprint density at radius 1 is 0.708 bits per heavy atom. The molecule has 0 fully saturated rings. The van der Waals surface area contributed by atoms with Crippen LogP contribution in [0.3, 0.4) is 0 Å². The van der Waals surface area contributed by atoms with Crippen molar-refractivity contribution in [1.29, 1.82) is 0 Å². The van der Waals surface area contributed by atoms with Gasteiger partial charge < -0.3 is 9.47 Å². The van der Waals surface area contributed by atoms with Crippen molar-refractivity contribution in [2.75, 3.05) is 13.2 Å². The fraction of sp³-hybridized carbons (Fsp3) is 0.100. The Labute approximate surface area is 139 Å². The maximum Gasteiger partial charge on any atom is 0.194 e. The van der Waals surface area contributed by atoms with Crippen molar-refractivity contribution in [2.24, 2.45) is 0 Å². The maximum atomic E-state index is 12.7. The van der Waals surface area contributed by atoms with E-state index < -0.39 is 0 Å². The third kappa shape index (κ3) is 2.62. The topological polar surface area (TPSA) is 52.6 Å². The minimum absolute atomic E-state index is 0.0907. The number of terminal acetylenes is 2. The van der Waals surface area contributed by atoms with Gasteiger partial charge in [0.05, 0.1) is 0 Å². The highest BCUT2D eigenvalue weighted by Gasteiger charge is 2.30. The van der Waals surface area contributed by atoms with Crippen molar-refractivity contribution in [1.82, 2.24) is 0 Å². The van der Waals surface area contributed by atoms with Crippen molar-refractivity contribution >= 4 is 11.6 Å². The molecule has 3 rings (SSSR count). The van der Waals surface area contributed by atoms with Gasteiger partial charge in [0.25, 0.3) is 0 Å². The molecule has 1 aliphatic rings. The van der Waals surface area contributed by atoms with Gasteiger partial charge in [-0.15, -0.1) is 12.8 Å². The second kappa shape index (κ2) is 6.32. The molecule has 0 aliphatic heterocycles. The predicted molar refractivity (Wildman–Crippen MR) is 88.4 cm³/mol. The minimum atomic E-state index is -0.241. The van der Waals surface area contributed by atoms with Crippen LogP contribution in [0.1, 0.15) is 31.8 Å². The van der Waals surface area contributed by atoms with E-state index >= 15 is 0 Å². The lowest BCUT2D eigenvalue weighted by Gasteiger charge is -2.19. The molecule has 0 amide bonds. The van der Waals surface area contributed by atoms with E-state index in [1.165, 1.54) is 0 Å². The first kappa shape index (κ1) is 15.4. The van der Waals surface area contributed by atoms with Crippen LogP contribution >= 0.6 is 0 Å². The summed E-state index contributed by atoms with van der Waals surface area (Å²) in [6, 6.07) is 9.45. The maximum absolute atomic E-state index is 12.7. The monoisotopic (exact) mass is 316 g/mol. The molecular formula is C20H12O4. The van der Waals surface area contributed by atoms with Crippen molar-refractivity contribution < 1.29 is 19.1 Å². The normalized spacial score (nSPS) is 11.8. The predicted octanol–water partition coefficient (Wildman–Crippen LogP) is 2.49. The van der Waals surface area contributed by atoms with E-state index in [4.69, 9.17) is 22.3 Å². The van der Waals surface area contributed by atoms with Crippen LogP contribution < -0.4 is 9.47 Å². The molecule has 0 aromatic heterocycles. The third-order valence-electron chi connectivity index (χ3n) is 3.60. The molecule has 4 nitrogen and oxygen atoms in total. The molecule has 1 aliphatic carbocycles. The van der Waals surface area contributed by atoms with Gasteiger partial charge in [-0.05, 0) is 36.4 Å². The van der Waals surface area contributed by atoms with Crippen LogP contribution in [0.5, 0.6) is 11.5 Å². The Morgan fingerprint density at radius 2 is 1.12 bits per heavy atom. The van der Waals surface area contributed by atoms with Crippen LogP contribution in [0, 0.1) is 24.7 Å². The first-order chi connectivity index (χ1) is 11.7. The molecule has 0 spiro atoms. The summed E-state index contributed by atoms with van der Waals surface area (Å²) in [6.07, 6.45) is 10.3. The summed E-state index contributed by atoms with van der Waals surface area (Å²) < 4.78 is 10.6. The molecule has 4 heteroatoms. The molecule has 116 valence electrons. The van der Waals surface area contributed by atoms with Crippen LogP contribution in [0.25, 0.3) is 0 Å². The largest absolute Gasteiger partial charge is 0.481 e. The van der Waals surface area contributed by atoms with Gasteiger partial charge in [0.2, 0.25) is 0 Å². The molecule has 0 saturated carbocycles. The molecule has 0 atom stereocenters. The highest BCUT2D eigenvalue weighted by molar-refractivity contribution is 6.28. The Balaban J connectivity index is 2.02. The number of benzene rings is 2. The summed E-state index contributed by atoms with van der Waals surface area (Å²) >= 11 is 0. The molecule has 0 radical (unpaired) electrons. The van der Waals surface area contributed by atoms with E-state index in [0.29, 0.717) is 33.8 Å². The first-order valence-corrected chi connectivity index (χ1v) is 7.15. The van der Waals surface area contributed by atoms with Gasteiger partial charge in [-0.25, -0.2) is 0 Å². The number of hydrogen-bond acceptors (Lipinski definition) is 4.